The highest BCUT2D eigenvalue weighted by molar-refractivity contribution is 6.62. The molecule has 1 aliphatic heterocycles. The van der Waals surface area contributed by atoms with E-state index < -0.39 is 0 Å². The molecule has 20 heavy (non-hydrogen) atoms. The molecule has 0 spiro atoms. The van der Waals surface area contributed by atoms with Gasteiger partial charge in [-0.3, -0.25) is 4.68 Å². The number of rotatable bonds is 3. The van der Waals surface area contributed by atoms with Crippen molar-refractivity contribution in [3.63, 3.8) is 0 Å². The number of hydrogen-bond acceptors (Lipinski definition) is 3. The molecule has 1 saturated heterocycles. The molecule has 5 heteroatoms. The van der Waals surface area contributed by atoms with Gasteiger partial charge in [-0.15, -0.1) is 0 Å². The van der Waals surface area contributed by atoms with Crippen molar-refractivity contribution in [3.05, 3.63) is 48.3 Å². The molecular formula is C15H19BN2O2. The second-order valence-corrected chi connectivity index (χ2v) is 6.26. The number of benzene rings is 1. The maximum absolute atomic E-state index is 5.78. The third-order valence-electron chi connectivity index (χ3n) is 3.31. The van der Waals surface area contributed by atoms with Gasteiger partial charge in [0.05, 0.1) is 6.54 Å². The van der Waals surface area contributed by atoms with Crippen molar-refractivity contribution < 1.29 is 9.31 Å². The topological polar surface area (TPSA) is 36.3 Å². The summed E-state index contributed by atoms with van der Waals surface area (Å²) in [6.45, 7) is 7.07. The van der Waals surface area contributed by atoms with Crippen molar-refractivity contribution in [2.24, 2.45) is 5.41 Å². The predicted molar refractivity (Wildman–Crippen MR) is 78.6 cm³/mol. The molecule has 0 atom stereocenters. The maximum atomic E-state index is 5.78. The van der Waals surface area contributed by atoms with E-state index in [2.05, 4.69) is 38.0 Å². The Morgan fingerprint density at radius 1 is 1.20 bits per heavy atom. The van der Waals surface area contributed by atoms with Crippen LogP contribution in [-0.4, -0.2) is 23.2 Å². The first-order valence-electron chi connectivity index (χ1n) is 6.89. The van der Waals surface area contributed by atoms with Gasteiger partial charge in [0.25, 0.3) is 0 Å². The molecule has 1 fully saturated rings. The lowest BCUT2D eigenvalue weighted by atomic mass is 9.76. The zero-order valence-corrected chi connectivity index (χ0v) is 12.1. The zero-order chi connectivity index (χ0) is 14.2. The SMILES string of the molecule is CC(C)(C)C1OB(c2cnn(Cc3ccccc3)c2)O1. The molecule has 2 heterocycles. The Hall–Kier alpha value is -1.59. The molecule has 0 aliphatic carbocycles. The van der Waals surface area contributed by atoms with E-state index in [1.54, 1.807) is 0 Å². The normalized spacial score (nSPS) is 16.2. The Bertz CT molecular complexity index is 571. The van der Waals surface area contributed by atoms with Crippen LogP contribution in [0.4, 0.5) is 0 Å². The van der Waals surface area contributed by atoms with Crippen molar-refractivity contribution in [1.29, 1.82) is 0 Å². The second-order valence-electron chi connectivity index (χ2n) is 6.26. The van der Waals surface area contributed by atoms with Crippen molar-refractivity contribution in [3.8, 4) is 0 Å². The summed E-state index contributed by atoms with van der Waals surface area (Å²) in [7, 11) is -0.274. The van der Waals surface area contributed by atoms with Gasteiger partial charge < -0.3 is 9.31 Å². The van der Waals surface area contributed by atoms with Crippen LogP contribution >= 0.6 is 0 Å². The fourth-order valence-corrected chi connectivity index (χ4v) is 2.16. The summed E-state index contributed by atoms with van der Waals surface area (Å²) < 4.78 is 13.5. The number of hydrogen-bond donors (Lipinski definition) is 0. The molecular weight excluding hydrogens is 251 g/mol. The third kappa shape index (κ3) is 2.79. The van der Waals surface area contributed by atoms with Crippen LogP contribution in [0.1, 0.15) is 26.3 Å². The van der Waals surface area contributed by atoms with E-state index in [1.807, 2.05) is 35.3 Å². The van der Waals surface area contributed by atoms with E-state index in [1.165, 1.54) is 5.56 Å². The molecule has 0 bridgehead atoms. The van der Waals surface area contributed by atoms with Crippen LogP contribution in [0.5, 0.6) is 0 Å². The first-order valence-corrected chi connectivity index (χ1v) is 6.89. The van der Waals surface area contributed by atoms with E-state index >= 15 is 0 Å². The molecule has 0 saturated carbocycles. The van der Waals surface area contributed by atoms with E-state index in [-0.39, 0.29) is 18.8 Å². The Morgan fingerprint density at radius 3 is 2.55 bits per heavy atom. The lowest BCUT2D eigenvalue weighted by Crippen LogP contribution is -2.57. The van der Waals surface area contributed by atoms with Gasteiger partial charge in [0.1, 0.15) is 6.29 Å². The Balaban J connectivity index is 1.61. The van der Waals surface area contributed by atoms with Gasteiger partial charge in [-0.2, -0.15) is 5.10 Å². The van der Waals surface area contributed by atoms with E-state index in [9.17, 15) is 0 Å². The molecule has 1 aromatic heterocycles. The van der Waals surface area contributed by atoms with Gasteiger partial charge >= 0.3 is 7.12 Å². The molecule has 4 nitrogen and oxygen atoms in total. The Kier molecular flexibility index (Phi) is 3.40. The highest BCUT2D eigenvalue weighted by atomic mass is 16.8. The first-order chi connectivity index (χ1) is 9.52. The lowest BCUT2D eigenvalue weighted by Gasteiger charge is -2.41. The standard InChI is InChI=1S/C15H19BN2O2/c1-15(2,3)14-19-16(20-14)13-9-17-18(11-13)10-12-7-5-4-6-8-12/h4-9,11,14H,10H2,1-3H3. The van der Waals surface area contributed by atoms with Crippen molar-refractivity contribution in [1.82, 2.24) is 9.78 Å². The molecule has 1 aliphatic rings. The van der Waals surface area contributed by atoms with E-state index in [4.69, 9.17) is 9.31 Å². The van der Waals surface area contributed by atoms with Gasteiger partial charge in [0.15, 0.2) is 0 Å². The van der Waals surface area contributed by atoms with Gasteiger partial charge in [-0.1, -0.05) is 51.1 Å². The van der Waals surface area contributed by atoms with Crippen molar-refractivity contribution in [2.45, 2.75) is 33.6 Å². The first kappa shape index (κ1) is 13.4. The monoisotopic (exact) mass is 270 g/mol. The predicted octanol–water partition coefficient (Wildman–Crippen LogP) is 2.05. The fraction of sp³-hybridized carbons (Fsp3) is 0.400. The summed E-state index contributed by atoms with van der Waals surface area (Å²) in [5.74, 6) is 0. The summed E-state index contributed by atoms with van der Waals surface area (Å²) in [6.07, 6.45) is 3.66. The quantitative estimate of drug-likeness (QED) is 0.801. The number of nitrogens with zero attached hydrogens (tertiary/aromatic N) is 2. The van der Waals surface area contributed by atoms with Crippen molar-refractivity contribution >= 4 is 12.6 Å². The van der Waals surface area contributed by atoms with Crippen LogP contribution in [-0.2, 0) is 15.9 Å². The van der Waals surface area contributed by atoms with Gasteiger partial charge in [-0.25, -0.2) is 0 Å². The van der Waals surface area contributed by atoms with Crippen LogP contribution < -0.4 is 5.46 Å². The van der Waals surface area contributed by atoms with Crippen LogP contribution in [0.3, 0.4) is 0 Å². The molecule has 104 valence electrons. The van der Waals surface area contributed by atoms with Crippen molar-refractivity contribution in [2.75, 3.05) is 0 Å². The maximum Gasteiger partial charge on any atom is 0.500 e. The molecule has 0 N–H and O–H groups in total. The highest BCUT2D eigenvalue weighted by Gasteiger charge is 2.44. The smallest absolute Gasteiger partial charge is 0.382 e. The van der Waals surface area contributed by atoms with Crippen LogP contribution in [0.15, 0.2) is 42.7 Å². The summed E-state index contributed by atoms with van der Waals surface area (Å²) in [6, 6.07) is 10.3. The van der Waals surface area contributed by atoms with Crippen LogP contribution in [0.25, 0.3) is 0 Å². The minimum Gasteiger partial charge on any atom is -0.382 e. The van der Waals surface area contributed by atoms with E-state index in [0.717, 1.165) is 12.0 Å². The lowest BCUT2D eigenvalue weighted by molar-refractivity contribution is -0.167. The Morgan fingerprint density at radius 2 is 1.90 bits per heavy atom. The molecule has 0 radical (unpaired) electrons. The van der Waals surface area contributed by atoms with Crippen LogP contribution in [0.2, 0.25) is 0 Å². The fourth-order valence-electron chi connectivity index (χ4n) is 2.16. The van der Waals surface area contributed by atoms with E-state index in [0.29, 0.717) is 0 Å². The molecule has 1 aromatic carbocycles. The summed E-state index contributed by atoms with van der Waals surface area (Å²) in [4.78, 5) is 0. The van der Waals surface area contributed by atoms with Gasteiger partial charge in [0.2, 0.25) is 0 Å². The van der Waals surface area contributed by atoms with Gasteiger partial charge in [0, 0.05) is 23.3 Å². The van der Waals surface area contributed by atoms with Gasteiger partial charge in [-0.05, 0) is 5.56 Å². The average Bonchev–Trinajstić information content (AvgIpc) is 2.75. The third-order valence-corrected chi connectivity index (χ3v) is 3.31. The highest BCUT2D eigenvalue weighted by Crippen LogP contribution is 2.30. The molecule has 3 rings (SSSR count). The van der Waals surface area contributed by atoms with Crippen LogP contribution in [0, 0.1) is 5.41 Å². The Labute approximate surface area is 119 Å². The number of aromatic nitrogens is 2. The minimum absolute atomic E-state index is 0.0104. The largest absolute Gasteiger partial charge is 0.500 e. The molecule has 2 aromatic rings. The molecule has 0 unspecified atom stereocenters. The minimum atomic E-state index is -0.274. The second kappa shape index (κ2) is 5.07. The zero-order valence-electron chi connectivity index (χ0n) is 12.1. The summed E-state index contributed by atoms with van der Waals surface area (Å²) in [5.41, 5.74) is 2.21. The summed E-state index contributed by atoms with van der Waals surface area (Å²) in [5, 5.41) is 4.36. The average molecular weight is 270 g/mol. The molecule has 0 amide bonds. The summed E-state index contributed by atoms with van der Waals surface area (Å²) >= 11 is 0.